The van der Waals surface area contributed by atoms with Crippen molar-refractivity contribution in [1.82, 2.24) is 15.1 Å². The van der Waals surface area contributed by atoms with Gasteiger partial charge in [-0.2, -0.15) is 5.10 Å². The Bertz CT molecular complexity index is 638. The number of aromatic nitrogens is 2. The summed E-state index contributed by atoms with van der Waals surface area (Å²) in [5.41, 5.74) is 7.98. The number of nitrogens with two attached hydrogens (primary N) is 1. The summed E-state index contributed by atoms with van der Waals surface area (Å²) < 4.78 is 13.9. The molecule has 0 spiro atoms. The lowest BCUT2D eigenvalue weighted by molar-refractivity contribution is 0.0740. The first-order chi connectivity index (χ1) is 10.0. The molecule has 2 rings (SSSR count). The van der Waals surface area contributed by atoms with E-state index < -0.39 is 0 Å². The van der Waals surface area contributed by atoms with Gasteiger partial charge in [-0.1, -0.05) is 12.1 Å². The van der Waals surface area contributed by atoms with Gasteiger partial charge in [-0.25, -0.2) is 4.39 Å². The van der Waals surface area contributed by atoms with Crippen molar-refractivity contribution < 1.29 is 9.18 Å². The molecule has 0 fully saturated rings. The smallest absolute Gasteiger partial charge is 0.272 e. The van der Waals surface area contributed by atoms with Gasteiger partial charge in [0, 0.05) is 25.2 Å². The highest BCUT2D eigenvalue weighted by molar-refractivity contribution is 5.92. The van der Waals surface area contributed by atoms with Crippen LogP contribution in [0.2, 0.25) is 0 Å². The fourth-order valence-corrected chi connectivity index (χ4v) is 2.10. The predicted molar refractivity (Wildman–Crippen MR) is 78.3 cm³/mol. The highest BCUT2D eigenvalue weighted by atomic mass is 19.1. The number of aromatic amines is 1. The predicted octanol–water partition coefficient (Wildman–Crippen LogP) is 1.77. The monoisotopic (exact) mass is 290 g/mol. The zero-order valence-electron chi connectivity index (χ0n) is 12.2. The Morgan fingerprint density at radius 3 is 2.71 bits per heavy atom. The van der Waals surface area contributed by atoms with Crippen molar-refractivity contribution in [3.8, 4) is 0 Å². The van der Waals surface area contributed by atoms with Crippen LogP contribution in [0.5, 0.6) is 0 Å². The third kappa shape index (κ3) is 3.66. The summed E-state index contributed by atoms with van der Waals surface area (Å²) in [6, 6.07) is 6.64. The number of nitrogens with one attached hydrogen (secondary N) is 1. The Balaban J connectivity index is 2.20. The van der Waals surface area contributed by atoms with Crippen LogP contribution in [0.25, 0.3) is 0 Å². The molecule has 0 bridgehead atoms. The van der Waals surface area contributed by atoms with Crippen LogP contribution in [-0.4, -0.2) is 34.1 Å². The summed E-state index contributed by atoms with van der Waals surface area (Å²) in [6.45, 7) is 4.46. The molecule has 1 aromatic heterocycles. The molecule has 0 saturated carbocycles. The zero-order valence-corrected chi connectivity index (χ0v) is 12.2. The number of hydrogen-bond donors (Lipinski definition) is 2. The summed E-state index contributed by atoms with van der Waals surface area (Å²) in [6.07, 6.45) is 0. The highest BCUT2D eigenvalue weighted by Gasteiger charge is 2.18. The van der Waals surface area contributed by atoms with E-state index in [1.165, 1.54) is 11.0 Å². The average molecular weight is 290 g/mol. The van der Waals surface area contributed by atoms with Gasteiger partial charge in [-0.05, 0) is 31.5 Å². The second kappa shape index (κ2) is 6.49. The van der Waals surface area contributed by atoms with Crippen molar-refractivity contribution >= 4 is 5.91 Å². The van der Waals surface area contributed by atoms with Crippen LogP contribution >= 0.6 is 0 Å². The molecule has 0 saturated heterocycles. The van der Waals surface area contributed by atoms with E-state index >= 15 is 0 Å². The summed E-state index contributed by atoms with van der Waals surface area (Å²) in [4.78, 5) is 13.9. The number of H-pyrrole nitrogens is 1. The molecule has 0 aliphatic heterocycles. The third-order valence-corrected chi connectivity index (χ3v) is 3.19. The molecule has 1 aromatic carbocycles. The molecule has 0 aliphatic rings. The van der Waals surface area contributed by atoms with Crippen molar-refractivity contribution in [3.63, 3.8) is 0 Å². The molecule has 6 heteroatoms. The molecule has 112 valence electrons. The van der Waals surface area contributed by atoms with Gasteiger partial charge in [0.05, 0.1) is 5.69 Å². The number of rotatable bonds is 5. The minimum atomic E-state index is -0.314. The summed E-state index contributed by atoms with van der Waals surface area (Å²) in [5, 5.41) is 6.62. The minimum Gasteiger partial charge on any atom is -0.332 e. The van der Waals surface area contributed by atoms with E-state index in [-0.39, 0.29) is 18.3 Å². The fraction of sp³-hybridized carbons (Fsp3) is 0.333. The molecule has 0 radical (unpaired) electrons. The Labute approximate surface area is 123 Å². The van der Waals surface area contributed by atoms with Crippen LogP contribution in [0.15, 0.2) is 24.3 Å². The van der Waals surface area contributed by atoms with Crippen molar-refractivity contribution in [2.24, 2.45) is 5.73 Å². The van der Waals surface area contributed by atoms with Crippen molar-refractivity contribution in [2.75, 3.05) is 13.1 Å². The summed E-state index contributed by atoms with van der Waals surface area (Å²) in [7, 11) is 0. The Kier molecular flexibility index (Phi) is 4.70. The molecule has 1 heterocycles. The Morgan fingerprint density at radius 2 is 2.14 bits per heavy atom. The number of aryl methyl sites for hydroxylation is 2. The Hall–Kier alpha value is -2.21. The van der Waals surface area contributed by atoms with Crippen LogP contribution < -0.4 is 5.73 Å². The van der Waals surface area contributed by atoms with Crippen LogP contribution in [-0.2, 0) is 6.54 Å². The zero-order chi connectivity index (χ0) is 15.4. The quantitative estimate of drug-likeness (QED) is 0.881. The minimum absolute atomic E-state index is 0.181. The summed E-state index contributed by atoms with van der Waals surface area (Å²) >= 11 is 0. The van der Waals surface area contributed by atoms with Gasteiger partial charge >= 0.3 is 0 Å². The largest absolute Gasteiger partial charge is 0.332 e. The number of hydrogen-bond acceptors (Lipinski definition) is 3. The maximum absolute atomic E-state index is 13.9. The van der Waals surface area contributed by atoms with Crippen molar-refractivity contribution in [3.05, 3.63) is 52.6 Å². The number of carbonyl (C=O) groups excluding carboxylic acids is 1. The van der Waals surface area contributed by atoms with Crippen molar-refractivity contribution in [2.45, 2.75) is 20.4 Å². The number of benzene rings is 1. The van der Waals surface area contributed by atoms with Crippen LogP contribution in [0.3, 0.4) is 0 Å². The van der Waals surface area contributed by atoms with E-state index in [1.54, 1.807) is 19.1 Å². The molecule has 3 N–H and O–H groups in total. The first-order valence-electron chi connectivity index (χ1n) is 6.77. The van der Waals surface area contributed by atoms with E-state index in [2.05, 4.69) is 10.2 Å². The molecule has 1 amide bonds. The van der Waals surface area contributed by atoms with Crippen LogP contribution in [0.1, 0.15) is 27.3 Å². The molecular formula is C15H19FN4O. The average Bonchev–Trinajstić information content (AvgIpc) is 2.87. The standard InChI is InChI=1S/C15H19FN4O/c1-10-3-4-12(13(16)7-10)9-20(6-5-17)15(21)14-8-11(2)18-19-14/h3-4,7-8H,5-6,9,17H2,1-2H3,(H,18,19). The van der Waals surface area contributed by atoms with Gasteiger partial charge < -0.3 is 10.6 Å². The van der Waals surface area contributed by atoms with E-state index in [9.17, 15) is 9.18 Å². The lowest BCUT2D eigenvalue weighted by Gasteiger charge is -2.21. The van der Waals surface area contributed by atoms with Gasteiger partial charge in [-0.15, -0.1) is 0 Å². The lowest BCUT2D eigenvalue weighted by atomic mass is 10.1. The van der Waals surface area contributed by atoms with Crippen LogP contribution in [0, 0.1) is 19.7 Å². The molecular weight excluding hydrogens is 271 g/mol. The number of halogens is 1. The first-order valence-corrected chi connectivity index (χ1v) is 6.77. The van der Waals surface area contributed by atoms with E-state index in [0.717, 1.165) is 11.3 Å². The van der Waals surface area contributed by atoms with Gasteiger partial charge in [0.25, 0.3) is 5.91 Å². The second-order valence-electron chi connectivity index (χ2n) is 5.03. The number of amides is 1. The van der Waals surface area contributed by atoms with Crippen LogP contribution in [0.4, 0.5) is 4.39 Å². The normalized spacial score (nSPS) is 10.7. The number of carbonyl (C=O) groups is 1. The molecule has 21 heavy (non-hydrogen) atoms. The molecule has 2 aromatic rings. The van der Waals surface area contributed by atoms with E-state index in [4.69, 9.17) is 5.73 Å². The maximum atomic E-state index is 13.9. The molecule has 0 atom stereocenters. The maximum Gasteiger partial charge on any atom is 0.272 e. The Morgan fingerprint density at radius 1 is 1.38 bits per heavy atom. The fourth-order valence-electron chi connectivity index (χ4n) is 2.10. The highest BCUT2D eigenvalue weighted by Crippen LogP contribution is 2.14. The van der Waals surface area contributed by atoms with Crippen molar-refractivity contribution in [1.29, 1.82) is 0 Å². The lowest BCUT2D eigenvalue weighted by Crippen LogP contribution is -2.35. The van der Waals surface area contributed by atoms with Gasteiger partial charge in [0.1, 0.15) is 11.5 Å². The van der Waals surface area contributed by atoms with Gasteiger partial charge in [-0.3, -0.25) is 9.89 Å². The number of nitrogens with zero attached hydrogens (tertiary/aromatic N) is 2. The van der Waals surface area contributed by atoms with E-state index in [0.29, 0.717) is 24.3 Å². The van der Waals surface area contributed by atoms with Gasteiger partial charge in [0.15, 0.2) is 0 Å². The SMILES string of the molecule is Cc1ccc(CN(CCN)C(=O)c2cc(C)n[nH]2)c(F)c1. The molecule has 0 unspecified atom stereocenters. The third-order valence-electron chi connectivity index (χ3n) is 3.19. The topological polar surface area (TPSA) is 75.0 Å². The molecule has 5 nitrogen and oxygen atoms in total. The second-order valence-corrected chi connectivity index (χ2v) is 5.03. The first kappa shape index (κ1) is 15.2. The van der Waals surface area contributed by atoms with Gasteiger partial charge in [0.2, 0.25) is 0 Å². The molecule has 0 aliphatic carbocycles. The van der Waals surface area contributed by atoms with E-state index in [1.807, 2.05) is 13.0 Å². The summed E-state index contributed by atoms with van der Waals surface area (Å²) in [5.74, 6) is -0.549.